The summed E-state index contributed by atoms with van der Waals surface area (Å²) in [4.78, 5) is 21.9. The fraction of sp³-hybridized carbons (Fsp3) is 0.250. The maximum absolute atomic E-state index is 11.1. The summed E-state index contributed by atoms with van der Waals surface area (Å²) in [6.07, 6.45) is 3.74. The molecule has 0 atom stereocenters. The lowest BCUT2D eigenvalue weighted by Gasteiger charge is -2.09. The summed E-state index contributed by atoms with van der Waals surface area (Å²) in [7, 11) is 0. The summed E-state index contributed by atoms with van der Waals surface area (Å²) in [5.41, 5.74) is 0.884. The Hall–Kier alpha value is -2.56. The van der Waals surface area contributed by atoms with E-state index in [4.69, 9.17) is 14.6 Å². The fourth-order valence-electron chi connectivity index (χ4n) is 1.67. The third-order valence-corrected chi connectivity index (χ3v) is 2.64. The second-order valence-electron chi connectivity index (χ2n) is 4.19. The number of allylic oxidation sites excluding steroid dienone is 1. The number of carboxylic acids is 1. The molecule has 21 heavy (non-hydrogen) atoms. The SMILES string of the molecule is C=CCc1cc(OCCCOC(=O)C=C)ccc1C(=O)O. The van der Waals surface area contributed by atoms with Crippen LogP contribution in [0.5, 0.6) is 5.75 Å². The van der Waals surface area contributed by atoms with E-state index in [1.54, 1.807) is 18.2 Å². The van der Waals surface area contributed by atoms with E-state index < -0.39 is 11.9 Å². The lowest BCUT2D eigenvalue weighted by Crippen LogP contribution is -2.07. The predicted octanol–water partition coefficient (Wildman–Crippen LogP) is 2.61. The molecule has 0 aliphatic carbocycles. The zero-order valence-corrected chi connectivity index (χ0v) is 11.7. The molecule has 0 aromatic heterocycles. The Morgan fingerprint density at radius 3 is 2.62 bits per heavy atom. The van der Waals surface area contributed by atoms with Crippen LogP contribution >= 0.6 is 0 Å². The van der Waals surface area contributed by atoms with Gasteiger partial charge in [0, 0.05) is 12.5 Å². The van der Waals surface area contributed by atoms with Crippen LogP contribution in [-0.2, 0) is 16.0 Å². The molecule has 0 unspecified atom stereocenters. The summed E-state index contributed by atoms with van der Waals surface area (Å²) < 4.78 is 10.3. The van der Waals surface area contributed by atoms with E-state index in [1.165, 1.54) is 6.07 Å². The van der Waals surface area contributed by atoms with Crippen molar-refractivity contribution in [3.05, 3.63) is 54.6 Å². The van der Waals surface area contributed by atoms with Crippen LogP contribution in [0.3, 0.4) is 0 Å². The van der Waals surface area contributed by atoms with Crippen molar-refractivity contribution in [1.29, 1.82) is 0 Å². The molecule has 1 aromatic rings. The minimum absolute atomic E-state index is 0.238. The van der Waals surface area contributed by atoms with Gasteiger partial charge in [-0.05, 0) is 30.2 Å². The van der Waals surface area contributed by atoms with Gasteiger partial charge in [0.15, 0.2) is 0 Å². The lowest BCUT2D eigenvalue weighted by molar-refractivity contribution is -0.137. The highest BCUT2D eigenvalue weighted by Gasteiger charge is 2.10. The van der Waals surface area contributed by atoms with Crippen LogP contribution in [-0.4, -0.2) is 30.3 Å². The number of hydrogen-bond acceptors (Lipinski definition) is 4. The number of carbonyl (C=O) groups is 2. The average molecular weight is 290 g/mol. The van der Waals surface area contributed by atoms with Gasteiger partial charge in [-0.2, -0.15) is 0 Å². The van der Waals surface area contributed by atoms with E-state index in [1.807, 2.05) is 0 Å². The number of rotatable bonds is 9. The molecule has 0 heterocycles. The molecule has 0 amide bonds. The molecule has 1 rings (SSSR count). The standard InChI is InChI=1S/C16H18O5/c1-3-6-12-11-13(7-8-14(12)16(18)19)20-9-5-10-21-15(17)4-2/h3-4,7-8,11H,1-2,5-6,9-10H2,(H,18,19). The molecule has 0 aliphatic heterocycles. The quantitative estimate of drug-likeness (QED) is 0.327. The van der Waals surface area contributed by atoms with Gasteiger partial charge in [-0.1, -0.05) is 12.7 Å². The van der Waals surface area contributed by atoms with Crippen LogP contribution in [0.15, 0.2) is 43.5 Å². The monoisotopic (exact) mass is 290 g/mol. The number of carboxylic acid groups (broad SMARTS) is 1. The molecule has 0 bridgehead atoms. The van der Waals surface area contributed by atoms with Crippen LogP contribution in [0.4, 0.5) is 0 Å². The molecule has 0 fully saturated rings. The molecule has 5 nitrogen and oxygen atoms in total. The average Bonchev–Trinajstić information content (AvgIpc) is 2.47. The van der Waals surface area contributed by atoms with Gasteiger partial charge in [-0.25, -0.2) is 9.59 Å². The van der Waals surface area contributed by atoms with Crippen molar-refractivity contribution in [2.24, 2.45) is 0 Å². The maximum atomic E-state index is 11.1. The van der Waals surface area contributed by atoms with E-state index in [-0.39, 0.29) is 12.2 Å². The predicted molar refractivity (Wildman–Crippen MR) is 78.6 cm³/mol. The lowest BCUT2D eigenvalue weighted by atomic mass is 10.0. The van der Waals surface area contributed by atoms with Crippen LogP contribution < -0.4 is 4.74 Å². The highest BCUT2D eigenvalue weighted by atomic mass is 16.5. The molecule has 0 spiro atoms. The summed E-state index contributed by atoms with van der Waals surface area (Å²) in [6, 6.07) is 4.79. The van der Waals surface area contributed by atoms with Crippen molar-refractivity contribution in [2.75, 3.05) is 13.2 Å². The second kappa shape index (κ2) is 8.58. The van der Waals surface area contributed by atoms with Gasteiger partial charge in [-0.15, -0.1) is 6.58 Å². The Kier molecular flexibility index (Phi) is 6.74. The first kappa shape index (κ1) is 16.5. The second-order valence-corrected chi connectivity index (χ2v) is 4.19. The molecule has 0 saturated carbocycles. The van der Waals surface area contributed by atoms with Gasteiger partial charge in [-0.3, -0.25) is 0 Å². The number of hydrogen-bond donors (Lipinski definition) is 1. The van der Waals surface area contributed by atoms with Crippen LogP contribution in [0, 0.1) is 0 Å². The summed E-state index contributed by atoms with van der Waals surface area (Å²) >= 11 is 0. The number of aromatic carboxylic acids is 1. The van der Waals surface area contributed by atoms with Crippen molar-refractivity contribution in [3.63, 3.8) is 0 Å². The van der Waals surface area contributed by atoms with Gasteiger partial charge in [0.1, 0.15) is 5.75 Å². The minimum Gasteiger partial charge on any atom is -0.493 e. The van der Waals surface area contributed by atoms with Crippen LogP contribution in [0.1, 0.15) is 22.3 Å². The van der Waals surface area contributed by atoms with Gasteiger partial charge >= 0.3 is 11.9 Å². The molecular formula is C16H18O5. The smallest absolute Gasteiger partial charge is 0.335 e. The Morgan fingerprint density at radius 1 is 1.24 bits per heavy atom. The van der Waals surface area contributed by atoms with E-state index >= 15 is 0 Å². The molecule has 0 saturated heterocycles. The van der Waals surface area contributed by atoms with Crippen LogP contribution in [0.25, 0.3) is 0 Å². The summed E-state index contributed by atoms with van der Waals surface area (Å²) in [5.74, 6) is -0.865. The van der Waals surface area contributed by atoms with Gasteiger partial charge < -0.3 is 14.6 Å². The van der Waals surface area contributed by atoms with Crippen molar-refractivity contribution in [1.82, 2.24) is 0 Å². The molecule has 112 valence electrons. The topological polar surface area (TPSA) is 72.8 Å². The normalized spacial score (nSPS) is 9.71. The van der Waals surface area contributed by atoms with Gasteiger partial charge in [0.25, 0.3) is 0 Å². The zero-order chi connectivity index (χ0) is 15.7. The first-order valence-electron chi connectivity index (χ1n) is 6.47. The van der Waals surface area contributed by atoms with Crippen molar-refractivity contribution in [2.45, 2.75) is 12.8 Å². The largest absolute Gasteiger partial charge is 0.493 e. The highest BCUT2D eigenvalue weighted by molar-refractivity contribution is 5.89. The number of carbonyl (C=O) groups excluding carboxylic acids is 1. The molecular weight excluding hydrogens is 272 g/mol. The molecule has 0 radical (unpaired) electrons. The molecule has 1 N–H and O–H groups in total. The minimum atomic E-state index is -0.977. The van der Waals surface area contributed by atoms with Crippen LogP contribution in [0.2, 0.25) is 0 Å². The number of esters is 1. The third-order valence-electron chi connectivity index (χ3n) is 2.64. The van der Waals surface area contributed by atoms with Crippen molar-refractivity contribution >= 4 is 11.9 Å². The Bertz CT molecular complexity index is 533. The Morgan fingerprint density at radius 2 is 2.00 bits per heavy atom. The number of benzene rings is 1. The Balaban J connectivity index is 2.54. The number of ether oxygens (including phenoxy) is 2. The van der Waals surface area contributed by atoms with E-state index in [0.717, 1.165) is 6.08 Å². The molecule has 5 heteroatoms. The highest BCUT2D eigenvalue weighted by Crippen LogP contribution is 2.19. The zero-order valence-electron chi connectivity index (χ0n) is 11.7. The van der Waals surface area contributed by atoms with Gasteiger partial charge in [0.05, 0.1) is 18.8 Å². The van der Waals surface area contributed by atoms with Crippen molar-refractivity contribution in [3.8, 4) is 5.75 Å². The first-order valence-corrected chi connectivity index (χ1v) is 6.47. The molecule has 0 aliphatic rings. The molecule has 1 aromatic carbocycles. The van der Waals surface area contributed by atoms with E-state index in [2.05, 4.69) is 13.2 Å². The Labute approximate surface area is 123 Å². The summed E-state index contributed by atoms with van der Waals surface area (Å²) in [6.45, 7) is 7.51. The third kappa shape index (κ3) is 5.52. The summed E-state index contributed by atoms with van der Waals surface area (Å²) in [5, 5.41) is 9.07. The van der Waals surface area contributed by atoms with E-state index in [0.29, 0.717) is 30.8 Å². The van der Waals surface area contributed by atoms with E-state index in [9.17, 15) is 9.59 Å². The van der Waals surface area contributed by atoms with Gasteiger partial charge in [0.2, 0.25) is 0 Å². The maximum Gasteiger partial charge on any atom is 0.335 e. The fourth-order valence-corrected chi connectivity index (χ4v) is 1.67. The van der Waals surface area contributed by atoms with Crippen molar-refractivity contribution < 1.29 is 24.2 Å². The first-order chi connectivity index (χ1) is 10.1.